The summed E-state index contributed by atoms with van der Waals surface area (Å²) in [7, 11) is 4.13. The summed E-state index contributed by atoms with van der Waals surface area (Å²) >= 11 is 0. The van der Waals surface area contributed by atoms with E-state index in [1.165, 1.54) is 39.9 Å². The molecule has 0 spiro atoms. The molecule has 0 atom stereocenters. The zero-order valence-electron chi connectivity index (χ0n) is 18.0. The molecule has 0 aromatic heterocycles. The first-order chi connectivity index (χ1) is 15.0. The first kappa shape index (κ1) is 23.7. The summed E-state index contributed by atoms with van der Waals surface area (Å²) in [6, 6.07) is 9.90. The van der Waals surface area contributed by atoms with E-state index in [0.29, 0.717) is 23.3 Å². The zero-order chi connectivity index (χ0) is 22.6. The maximum Gasteiger partial charge on any atom is 0.341 e. The van der Waals surface area contributed by atoms with Gasteiger partial charge in [0.25, 0.3) is 0 Å². The average molecular weight is 431 g/mol. The molecule has 0 fully saturated rings. The molecule has 31 heavy (non-hydrogen) atoms. The van der Waals surface area contributed by atoms with Crippen molar-refractivity contribution < 1.29 is 33.0 Å². The summed E-state index contributed by atoms with van der Waals surface area (Å²) in [6.07, 6.45) is 3.51. The van der Waals surface area contributed by atoms with E-state index in [2.05, 4.69) is 5.16 Å². The van der Waals surface area contributed by atoms with Gasteiger partial charge in [-0.1, -0.05) is 36.3 Å². The molecule has 0 heterocycles. The molecule has 8 heteroatoms. The van der Waals surface area contributed by atoms with Gasteiger partial charge in [-0.3, -0.25) is 0 Å². The molecule has 0 unspecified atom stereocenters. The van der Waals surface area contributed by atoms with Crippen LogP contribution >= 0.6 is 0 Å². The van der Waals surface area contributed by atoms with Gasteiger partial charge in [-0.25, -0.2) is 9.18 Å². The summed E-state index contributed by atoms with van der Waals surface area (Å²) in [5.41, 5.74) is 1.87. The Morgan fingerprint density at radius 3 is 2.61 bits per heavy atom. The predicted molar refractivity (Wildman–Crippen MR) is 115 cm³/mol. The molecule has 2 aromatic rings. The largest absolute Gasteiger partial charge is 0.503 e. The zero-order valence-corrected chi connectivity index (χ0v) is 18.0. The molecular weight excluding hydrogens is 405 g/mol. The number of halogens is 1. The molecule has 2 rings (SSSR count). The number of oxime groups is 1. The minimum Gasteiger partial charge on any atom is -0.503 e. The lowest BCUT2D eigenvalue weighted by Gasteiger charge is -2.15. The second kappa shape index (κ2) is 12.2. The third-order valence-electron chi connectivity index (χ3n) is 4.14. The van der Waals surface area contributed by atoms with E-state index in [1.807, 2.05) is 6.92 Å². The highest BCUT2D eigenvalue weighted by atomic mass is 19.1. The Bertz CT molecular complexity index is 942. The smallest absolute Gasteiger partial charge is 0.341 e. The van der Waals surface area contributed by atoms with Gasteiger partial charge in [0, 0.05) is 5.56 Å². The van der Waals surface area contributed by atoms with Crippen LogP contribution in [0.1, 0.15) is 30.0 Å². The molecule has 0 N–H and O–H groups in total. The third-order valence-corrected chi connectivity index (χ3v) is 4.14. The van der Waals surface area contributed by atoms with E-state index in [1.54, 1.807) is 30.3 Å². The van der Waals surface area contributed by atoms with E-state index in [0.717, 1.165) is 6.42 Å². The van der Waals surface area contributed by atoms with Crippen LogP contribution in [0.25, 0.3) is 5.57 Å². The van der Waals surface area contributed by atoms with E-state index >= 15 is 0 Å². The normalized spacial score (nSPS) is 11.3. The number of carbonyl (C=O) groups excluding carboxylic acids is 1. The molecule has 0 saturated heterocycles. The van der Waals surface area contributed by atoms with Crippen LogP contribution in [-0.2, 0) is 25.7 Å². The van der Waals surface area contributed by atoms with E-state index in [9.17, 15) is 9.18 Å². The van der Waals surface area contributed by atoms with Crippen molar-refractivity contribution in [1.29, 1.82) is 0 Å². The number of hydrogen-bond acceptors (Lipinski definition) is 7. The first-order valence-corrected chi connectivity index (χ1v) is 9.60. The Labute approximate surface area is 181 Å². The van der Waals surface area contributed by atoms with Crippen molar-refractivity contribution in [1.82, 2.24) is 0 Å². The van der Waals surface area contributed by atoms with E-state index < -0.39 is 11.8 Å². The Balaban J connectivity index is 2.28. The van der Waals surface area contributed by atoms with Crippen LogP contribution in [0.3, 0.4) is 0 Å². The van der Waals surface area contributed by atoms with Gasteiger partial charge in [0.05, 0.1) is 33.8 Å². The molecule has 7 nitrogen and oxygen atoms in total. The van der Waals surface area contributed by atoms with Gasteiger partial charge in [0.15, 0.2) is 17.3 Å². The van der Waals surface area contributed by atoms with Gasteiger partial charge < -0.3 is 23.8 Å². The number of hydrogen-bond donors (Lipinski definition) is 0. The predicted octanol–water partition coefficient (Wildman–Crippen LogP) is 4.33. The second-order valence-corrected chi connectivity index (χ2v) is 6.31. The quantitative estimate of drug-likeness (QED) is 0.132. The molecule has 0 bridgehead atoms. The molecule has 2 aromatic carbocycles. The van der Waals surface area contributed by atoms with Crippen molar-refractivity contribution in [3.8, 4) is 11.5 Å². The fourth-order valence-electron chi connectivity index (χ4n) is 2.70. The maximum absolute atomic E-state index is 14.7. The standard InChI is InChI=1S/C23H26FNO6/c1-5-10-31-25-13-16-11-20(24)22(21(12-16)28-3)30-14-17-8-6-7-9-18(17)19(15-27-2)23(26)29-4/h6-9,11-13,15H,5,10,14H2,1-4H3/b19-15+,25-13+. The fraction of sp³-hybridized carbons (Fsp3) is 0.304. The number of esters is 1. The number of nitrogens with zero attached hydrogens (tertiary/aromatic N) is 1. The molecule has 0 saturated carbocycles. The molecule has 0 aliphatic rings. The van der Waals surface area contributed by atoms with Crippen LogP contribution in [-0.4, -0.2) is 40.1 Å². The molecule has 0 aliphatic carbocycles. The molecule has 0 radical (unpaired) electrons. The number of benzene rings is 2. The van der Waals surface area contributed by atoms with Crippen molar-refractivity contribution in [2.45, 2.75) is 20.0 Å². The SMILES string of the molecule is CCCO/N=C/c1cc(F)c(OCc2ccccc2/C(=C\OC)C(=O)OC)c(OC)c1. The summed E-state index contributed by atoms with van der Waals surface area (Å²) in [5.74, 6) is -1.03. The average Bonchev–Trinajstić information content (AvgIpc) is 2.79. The van der Waals surface area contributed by atoms with Gasteiger partial charge in [-0.15, -0.1) is 0 Å². The minimum absolute atomic E-state index is 0.0193. The Morgan fingerprint density at radius 1 is 1.16 bits per heavy atom. The highest BCUT2D eigenvalue weighted by molar-refractivity contribution is 6.16. The van der Waals surface area contributed by atoms with Gasteiger partial charge in [0.1, 0.15) is 18.8 Å². The lowest BCUT2D eigenvalue weighted by atomic mass is 10.0. The van der Waals surface area contributed by atoms with Crippen molar-refractivity contribution in [3.63, 3.8) is 0 Å². The van der Waals surface area contributed by atoms with E-state index in [4.69, 9.17) is 23.8 Å². The van der Waals surface area contributed by atoms with Crippen LogP contribution in [0.15, 0.2) is 47.8 Å². The number of ether oxygens (including phenoxy) is 4. The lowest BCUT2D eigenvalue weighted by Crippen LogP contribution is -2.09. The van der Waals surface area contributed by atoms with Crippen LogP contribution in [0, 0.1) is 5.82 Å². The van der Waals surface area contributed by atoms with Gasteiger partial charge in [-0.05, 0) is 29.7 Å². The van der Waals surface area contributed by atoms with Gasteiger partial charge >= 0.3 is 5.97 Å². The van der Waals surface area contributed by atoms with Crippen molar-refractivity contribution in [3.05, 3.63) is 65.2 Å². The molecule has 166 valence electrons. The highest BCUT2D eigenvalue weighted by Gasteiger charge is 2.18. The van der Waals surface area contributed by atoms with Crippen molar-refractivity contribution in [2.75, 3.05) is 27.9 Å². The first-order valence-electron chi connectivity index (χ1n) is 9.60. The van der Waals surface area contributed by atoms with Crippen LogP contribution in [0.5, 0.6) is 11.5 Å². The topological polar surface area (TPSA) is 75.6 Å². The number of rotatable bonds is 11. The second-order valence-electron chi connectivity index (χ2n) is 6.31. The van der Waals surface area contributed by atoms with Gasteiger partial charge in [0.2, 0.25) is 0 Å². The van der Waals surface area contributed by atoms with E-state index in [-0.39, 0.29) is 23.7 Å². The fourth-order valence-corrected chi connectivity index (χ4v) is 2.70. The lowest BCUT2D eigenvalue weighted by molar-refractivity contribution is -0.133. The van der Waals surface area contributed by atoms with Crippen LogP contribution in [0.4, 0.5) is 4.39 Å². The molecule has 0 aliphatic heterocycles. The molecule has 0 amide bonds. The number of methoxy groups -OCH3 is 3. The summed E-state index contributed by atoms with van der Waals surface area (Å²) in [5, 5.41) is 3.79. The Morgan fingerprint density at radius 2 is 1.94 bits per heavy atom. The van der Waals surface area contributed by atoms with Crippen molar-refractivity contribution >= 4 is 17.8 Å². The van der Waals surface area contributed by atoms with Crippen LogP contribution in [0.2, 0.25) is 0 Å². The Hall–Kier alpha value is -3.55. The molecular formula is C23H26FNO6. The minimum atomic E-state index is -0.616. The summed E-state index contributed by atoms with van der Waals surface area (Å²) in [6.45, 7) is 2.41. The summed E-state index contributed by atoms with van der Waals surface area (Å²) < 4.78 is 35.6. The van der Waals surface area contributed by atoms with Crippen molar-refractivity contribution in [2.24, 2.45) is 5.16 Å². The van der Waals surface area contributed by atoms with Crippen LogP contribution < -0.4 is 9.47 Å². The summed E-state index contributed by atoms with van der Waals surface area (Å²) in [4.78, 5) is 17.2. The highest BCUT2D eigenvalue weighted by Crippen LogP contribution is 2.33. The third kappa shape index (κ3) is 6.47. The monoisotopic (exact) mass is 431 g/mol. The Kier molecular flexibility index (Phi) is 9.35. The maximum atomic E-state index is 14.7. The van der Waals surface area contributed by atoms with Gasteiger partial charge in [-0.2, -0.15) is 0 Å². The number of carbonyl (C=O) groups is 1.